The van der Waals surface area contributed by atoms with E-state index in [2.05, 4.69) is 4.98 Å². The maximum absolute atomic E-state index is 14.3. The second-order valence-corrected chi connectivity index (χ2v) is 8.03. The molecule has 1 aliphatic rings. The Morgan fingerprint density at radius 3 is 2.67 bits per heavy atom. The summed E-state index contributed by atoms with van der Waals surface area (Å²) in [4.78, 5) is 31.2. The number of pyridine rings is 1. The fourth-order valence-electron chi connectivity index (χ4n) is 3.97. The molecule has 2 aromatic heterocycles. The molecule has 1 aliphatic heterocycles. The van der Waals surface area contributed by atoms with Gasteiger partial charge in [0.05, 0.1) is 18.8 Å². The minimum Gasteiger partial charge on any atom is -0.485 e. The molecule has 0 spiro atoms. The van der Waals surface area contributed by atoms with Crippen LogP contribution in [0.1, 0.15) is 45.4 Å². The highest BCUT2D eigenvalue weighted by Gasteiger charge is 2.29. The van der Waals surface area contributed by atoms with Gasteiger partial charge in [0.25, 0.3) is 5.91 Å². The first-order chi connectivity index (χ1) is 15.8. The number of hydrogen-bond donors (Lipinski definition) is 0. The first-order valence-corrected chi connectivity index (χ1v) is 10.8. The summed E-state index contributed by atoms with van der Waals surface area (Å²) in [6.07, 6.45) is 1.37. The molecule has 4 rings (SSSR count). The summed E-state index contributed by atoms with van der Waals surface area (Å²) < 4.78 is 41.5. The van der Waals surface area contributed by atoms with Crippen molar-refractivity contribution in [3.8, 4) is 5.75 Å². The maximum atomic E-state index is 14.3. The van der Waals surface area contributed by atoms with Crippen molar-refractivity contribution in [1.82, 2.24) is 14.3 Å². The topological polar surface area (TPSA) is 73.1 Å². The summed E-state index contributed by atoms with van der Waals surface area (Å²) in [5, 5.41) is 0. The van der Waals surface area contributed by atoms with E-state index in [9.17, 15) is 18.4 Å². The number of ether oxygens (including phenoxy) is 2. The first kappa shape index (κ1) is 22.8. The van der Waals surface area contributed by atoms with E-state index in [-0.39, 0.29) is 43.4 Å². The smallest absolute Gasteiger partial charge is 0.272 e. The van der Waals surface area contributed by atoms with Crippen molar-refractivity contribution in [2.45, 2.75) is 33.3 Å². The van der Waals surface area contributed by atoms with Crippen molar-refractivity contribution < 1.29 is 27.8 Å². The molecule has 1 unspecified atom stereocenters. The highest BCUT2D eigenvalue weighted by Crippen LogP contribution is 2.25. The molecule has 1 fully saturated rings. The number of ketones is 1. The fraction of sp³-hybridized carbons (Fsp3) is 0.375. The molecular weight excluding hydrogens is 432 g/mol. The van der Waals surface area contributed by atoms with Crippen LogP contribution in [0.25, 0.3) is 5.65 Å². The molecule has 7 nitrogen and oxygen atoms in total. The number of halogens is 2. The van der Waals surface area contributed by atoms with Gasteiger partial charge in [-0.25, -0.2) is 13.8 Å². The standard InChI is InChI=1S/C24H25F2N3O4/c1-4-20(30)16-10-18(25)22(19(26)11-16)33-13-17-12-28(8-9-32-17)24(31)21-15(3)27-23-14(2)6-5-7-29(21)23/h5-7,10-11,17H,4,8-9,12-13H2,1-3H3. The molecule has 174 valence electrons. The Bertz CT molecular complexity index is 1200. The number of Topliss-reactive ketones (excluding diaryl/α,β-unsaturated/α-hetero) is 1. The third-order valence-corrected chi connectivity index (χ3v) is 5.70. The third kappa shape index (κ3) is 4.45. The second kappa shape index (κ2) is 9.27. The van der Waals surface area contributed by atoms with E-state index >= 15 is 0 Å². The molecular formula is C24H25F2N3O4. The van der Waals surface area contributed by atoms with Gasteiger partial charge < -0.3 is 14.4 Å². The number of morpholine rings is 1. The van der Waals surface area contributed by atoms with E-state index in [0.29, 0.717) is 17.9 Å². The van der Waals surface area contributed by atoms with Crippen molar-refractivity contribution >= 4 is 17.3 Å². The number of carbonyl (C=O) groups is 2. The van der Waals surface area contributed by atoms with Gasteiger partial charge in [0.15, 0.2) is 23.2 Å². The van der Waals surface area contributed by atoms with E-state index in [0.717, 1.165) is 23.3 Å². The molecule has 1 aromatic carbocycles. The molecule has 0 saturated carbocycles. The average molecular weight is 457 g/mol. The Morgan fingerprint density at radius 2 is 1.97 bits per heavy atom. The summed E-state index contributed by atoms with van der Waals surface area (Å²) in [6.45, 7) is 6.04. The van der Waals surface area contributed by atoms with Crippen molar-refractivity contribution in [2.75, 3.05) is 26.3 Å². The van der Waals surface area contributed by atoms with Crippen LogP contribution in [0.15, 0.2) is 30.5 Å². The zero-order chi connectivity index (χ0) is 23.7. The monoisotopic (exact) mass is 457 g/mol. The lowest BCUT2D eigenvalue weighted by Crippen LogP contribution is -2.48. The highest BCUT2D eigenvalue weighted by atomic mass is 19.1. The first-order valence-electron chi connectivity index (χ1n) is 10.8. The minimum absolute atomic E-state index is 0.0378. The van der Waals surface area contributed by atoms with Gasteiger partial charge in [-0.3, -0.25) is 14.0 Å². The van der Waals surface area contributed by atoms with Crippen LogP contribution in [0.3, 0.4) is 0 Å². The van der Waals surface area contributed by atoms with Crippen LogP contribution in [-0.2, 0) is 4.74 Å². The molecule has 0 N–H and O–H groups in total. The molecule has 9 heteroatoms. The van der Waals surface area contributed by atoms with E-state index in [4.69, 9.17) is 9.47 Å². The van der Waals surface area contributed by atoms with Crippen molar-refractivity contribution in [2.24, 2.45) is 0 Å². The van der Waals surface area contributed by atoms with Gasteiger partial charge in [0.2, 0.25) is 0 Å². The number of fused-ring (bicyclic) bond motifs is 1. The van der Waals surface area contributed by atoms with Crippen LogP contribution in [0.4, 0.5) is 8.78 Å². The Labute approximate surface area is 189 Å². The number of aromatic nitrogens is 2. The van der Waals surface area contributed by atoms with Gasteiger partial charge in [-0.15, -0.1) is 0 Å². The summed E-state index contributed by atoms with van der Waals surface area (Å²) in [5.41, 5.74) is 2.75. The Kier molecular flexibility index (Phi) is 6.42. The lowest BCUT2D eigenvalue weighted by molar-refractivity contribution is -0.0412. The van der Waals surface area contributed by atoms with Gasteiger partial charge in [0.1, 0.15) is 24.1 Å². The predicted molar refractivity (Wildman–Crippen MR) is 117 cm³/mol. The molecule has 1 amide bonds. The van der Waals surface area contributed by atoms with Crippen molar-refractivity contribution in [3.63, 3.8) is 0 Å². The largest absolute Gasteiger partial charge is 0.485 e. The lowest BCUT2D eigenvalue weighted by atomic mass is 10.1. The summed E-state index contributed by atoms with van der Waals surface area (Å²) in [5.74, 6) is -3.02. The Hall–Kier alpha value is -3.33. The van der Waals surface area contributed by atoms with Crippen molar-refractivity contribution in [3.05, 3.63) is 64.6 Å². The number of benzene rings is 1. The van der Waals surface area contributed by atoms with Gasteiger partial charge in [-0.2, -0.15) is 0 Å². The zero-order valence-corrected chi connectivity index (χ0v) is 18.7. The molecule has 33 heavy (non-hydrogen) atoms. The van der Waals surface area contributed by atoms with Crippen molar-refractivity contribution in [1.29, 1.82) is 0 Å². The van der Waals surface area contributed by atoms with E-state index < -0.39 is 23.5 Å². The van der Waals surface area contributed by atoms with E-state index in [1.807, 2.05) is 19.1 Å². The molecule has 0 bridgehead atoms. The third-order valence-electron chi connectivity index (χ3n) is 5.70. The average Bonchev–Trinajstić information content (AvgIpc) is 3.14. The van der Waals surface area contributed by atoms with Gasteiger partial charge in [-0.1, -0.05) is 13.0 Å². The number of rotatable bonds is 6. The predicted octanol–water partition coefficient (Wildman–Crippen LogP) is 3.74. The quantitative estimate of drug-likeness (QED) is 0.528. The number of nitrogens with zero attached hydrogens (tertiary/aromatic N) is 3. The minimum atomic E-state index is -0.952. The normalized spacial score (nSPS) is 16.3. The molecule has 1 atom stereocenters. The van der Waals surface area contributed by atoms with Crippen LogP contribution >= 0.6 is 0 Å². The van der Waals surface area contributed by atoms with Crippen LogP contribution in [0.5, 0.6) is 5.75 Å². The van der Waals surface area contributed by atoms with Crippen LogP contribution in [0, 0.1) is 25.5 Å². The van der Waals surface area contributed by atoms with Gasteiger partial charge in [-0.05, 0) is 37.6 Å². The second-order valence-electron chi connectivity index (χ2n) is 8.03. The van der Waals surface area contributed by atoms with Crippen LogP contribution < -0.4 is 4.74 Å². The Morgan fingerprint density at radius 1 is 1.24 bits per heavy atom. The lowest BCUT2D eigenvalue weighted by Gasteiger charge is -2.32. The molecule has 0 aliphatic carbocycles. The zero-order valence-electron chi connectivity index (χ0n) is 18.7. The molecule has 0 radical (unpaired) electrons. The van der Waals surface area contributed by atoms with Crippen LogP contribution in [0.2, 0.25) is 0 Å². The highest BCUT2D eigenvalue weighted by molar-refractivity contribution is 5.96. The van der Waals surface area contributed by atoms with Gasteiger partial charge in [0, 0.05) is 24.7 Å². The fourth-order valence-corrected chi connectivity index (χ4v) is 3.97. The summed E-state index contributed by atoms with van der Waals surface area (Å²) in [7, 11) is 0. The van der Waals surface area contributed by atoms with Gasteiger partial charge >= 0.3 is 0 Å². The molecule has 3 heterocycles. The summed E-state index contributed by atoms with van der Waals surface area (Å²) >= 11 is 0. The molecule has 3 aromatic rings. The number of amides is 1. The van der Waals surface area contributed by atoms with E-state index in [1.54, 1.807) is 29.3 Å². The SMILES string of the molecule is CCC(=O)c1cc(F)c(OCC2CN(C(=O)c3c(C)nc4c(C)cccn34)CCO2)c(F)c1. The Balaban J connectivity index is 1.47. The maximum Gasteiger partial charge on any atom is 0.272 e. The van der Waals surface area contributed by atoms with E-state index in [1.165, 1.54) is 0 Å². The summed E-state index contributed by atoms with van der Waals surface area (Å²) in [6, 6.07) is 5.73. The number of hydrogen-bond acceptors (Lipinski definition) is 5. The number of imidazole rings is 1. The molecule has 1 saturated heterocycles. The van der Waals surface area contributed by atoms with Crippen LogP contribution in [-0.4, -0.2) is 58.4 Å². The number of carbonyl (C=O) groups excluding carboxylic acids is 2. The number of aryl methyl sites for hydroxylation is 2.